The number of nitrogens with zero attached hydrogens (tertiary/aromatic N) is 2. The highest BCUT2D eigenvalue weighted by molar-refractivity contribution is 6.34. The average molecular weight is 276 g/mol. The molecule has 0 atom stereocenters. The highest BCUT2D eigenvalue weighted by Crippen LogP contribution is 2.29. The van der Waals surface area contributed by atoms with Crippen LogP contribution in [0.5, 0.6) is 0 Å². The van der Waals surface area contributed by atoms with Crippen LogP contribution in [0.15, 0.2) is 30.6 Å². The van der Waals surface area contributed by atoms with E-state index in [1.54, 1.807) is 0 Å². The van der Waals surface area contributed by atoms with Crippen molar-refractivity contribution in [2.24, 2.45) is 0 Å². The molecule has 1 aliphatic heterocycles. The van der Waals surface area contributed by atoms with Crippen LogP contribution in [0.25, 0.3) is 10.8 Å². The molecular weight excluding hydrogens is 258 g/mol. The molecule has 1 aromatic heterocycles. The Bertz CT molecular complexity index is 577. The average Bonchev–Trinajstić information content (AvgIpc) is 2.42. The molecule has 1 aliphatic rings. The Morgan fingerprint density at radius 1 is 1.26 bits per heavy atom. The van der Waals surface area contributed by atoms with Gasteiger partial charge in [0.15, 0.2) is 0 Å². The number of pyridine rings is 1. The van der Waals surface area contributed by atoms with Gasteiger partial charge in [-0.1, -0.05) is 11.6 Å². The van der Waals surface area contributed by atoms with E-state index in [1.807, 2.05) is 24.5 Å². The summed E-state index contributed by atoms with van der Waals surface area (Å²) in [5, 5.41) is 6.62. The first kappa shape index (κ1) is 12.7. The summed E-state index contributed by atoms with van der Waals surface area (Å²) < 4.78 is 0. The summed E-state index contributed by atoms with van der Waals surface area (Å²) in [6, 6.07) is 6.65. The first-order valence-electron chi connectivity index (χ1n) is 6.71. The van der Waals surface area contributed by atoms with Crippen LogP contribution in [-0.2, 0) is 0 Å². The first-order chi connectivity index (χ1) is 9.22. The van der Waals surface area contributed by atoms with Gasteiger partial charge in [-0.3, -0.25) is 4.98 Å². The molecule has 19 heavy (non-hydrogen) atoms. The molecule has 1 aromatic carbocycles. The number of aromatic nitrogens is 1. The van der Waals surface area contributed by atoms with Gasteiger partial charge in [0.25, 0.3) is 0 Å². The van der Waals surface area contributed by atoms with Crippen LogP contribution in [0.1, 0.15) is 12.8 Å². The molecule has 100 valence electrons. The van der Waals surface area contributed by atoms with Gasteiger partial charge in [-0.2, -0.15) is 0 Å². The van der Waals surface area contributed by atoms with E-state index in [0.29, 0.717) is 6.04 Å². The Morgan fingerprint density at radius 3 is 2.84 bits per heavy atom. The molecule has 1 saturated heterocycles. The Morgan fingerprint density at radius 2 is 2.05 bits per heavy atom. The third kappa shape index (κ3) is 2.82. The monoisotopic (exact) mass is 275 g/mol. The lowest BCUT2D eigenvalue weighted by Gasteiger charge is -2.30. The van der Waals surface area contributed by atoms with Gasteiger partial charge in [0, 0.05) is 23.8 Å². The van der Waals surface area contributed by atoms with E-state index in [1.165, 1.54) is 18.2 Å². The van der Waals surface area contributed by atoms with E-state index in [2.05, 4.69) is 28.3 Å². The zero-order chi connectivity index (χ0) is 13.2. The molecule has 0 bridgehead atoms. The number of piperidine rings is 1. The summed E-state index contributed by atoms with van der Waals surface area (Å²) in [5.41, 5.74) is 1.04. The molecule has 3 rings (SSSR count). The maximum absolute atomic E-state index is 6.35. The topological polar surface area (TPSA) is 28.2 Å². The fourth-order valence-electron chi connectivity index (χ4n) is 2.59. The number of anilines is 1. The van der Waals surface area contributed by atoms with E-state index in [-0.39, 0.29) is 0 Å². The van der Waals surface area contributed by atoms with Gasteiger partial charge >= 0.3 is 0 Å². The fourth-order valence-corrected chi connectivity index (χ4v) is 2.82. The van der Waals surface area contributed by atoms with Crippen molar-refractivity contribution >= 4 is 28.1 Å². The summed E-state index contributed by atoms with van der Waals surface area (Å²) >= 11 is 6.35. The minimum absolute atomic E-state index is 0.521. The SMILES string of the molecule is CN1CCC(Nc2cc3ccncc3cc2Cl)CC1. The molecule has 4 heteroatoms. The highest BCUT2D eigenvalue weighted by atomic mass is 35.5. The Balaban J connectivity index is 1.82. The second kappa shape index (κ2) is 5.35. The van der Waals surface area contributed by atoms with Crippen LogP contribution in [0.2, 0.25) is 5.02 Å². The highest BCUT2D eigenvalue weighted by Gasteiger charge is 2.17. The van der Waals surface area contributed by atoms with Crippen LogP contribution < -0.4 is 5.32 Å². The standard InChI is InChI=1S/C15H18ClN3/c1-19-6-3-13(4-7-19)18-15-9-11-2-5-17-10-12(11)8-14(15)16/h2,5,8-10,13,18H,3-4,6-7H2,1H3. The van der Waals surface area contributed by atoms with Crippen molar-refractivity contribution in [3.63, 3.8) is 0 Å². The zero-order valence-corrected chi connectivity index (χ0v) is 11.8. The van der Waals surface area contributed by atoms with Crippen LogP contribution in [-0.4, -0.2) is 36.1 Å². The molecule has 0 aliphatic carbocycles. The predicted molar refractivity (Wildman–Crippen MR) is 80.9 cm³/mol. The Hall–Kier alpha value is -1.32. The van der Waals surface area contributed by atoms with Gasteiger partial charge in [-0.05, 0) is 56.6 Å². The Labute approximate surface area is 118 Å². The minimum Gasteiger partial charge on any atom is -0.381 e. The number of benzene rings is 1. The maximum atomic E-state index is 6.35. The van der Waals surface area contributed by atoms with Crippen molar-refractivity contribution in [3.05, 3.63) is 35.6 Å². The van der Waals surface area contributed by atoms with E-state index in [9.17, 15) is 0 Å². The molecule has 0 amide bonds. The number of hydrogen-bond donors (Lipinski definition) is 1. The van der Waals surface area contributed by atoms with Gasteiger partial charge in [0.05, 0.1) is 10.7 Å². The van der Waals surface area contributed by atoms with Gasteiger partial charge in [0.1, 0.15) is 0 Å². The van der Waals surface area contributed by atoms with E-state index in [4.69, 9.17) is 11.6 Å². The van der Waals surface area contributed by atoms with Gasteiger partial charge < -0.3 is 10.2 Å². The maximum Gasteiger partial charge on any atom is 0.0644 e. The van der Waals surface area contributed by atoms with Gasteiger partial charge in [-0.25, -0.2) is 0 Å². The lowest BCUT2D eigenvalue weighted by molar-refractivity contribution is 0.264. The lowest BCUT2D eigenvalue weighted by Crippen LogP contribution is -2.36. The smallest absolute Gasteiger partial charge is 0.0644 e. The second-order valence-electron chi connectivity index (χ2n) is 5.28. The molecule has 2 heterocycles. The van der Waals surface area contributed by atoms with E-state index < -0.39 is 0 Å². The number of fused-ring (bicyclic) bond motifs is 1. The molecule has 0 saturated carbocycles. The molecule has 0 spiro atoms. The number of likely N-dealkylation sites (tertiary alicyclic amines) is 1. The molecule has 3 nitrogen and oxygen atoms in total. The lowest BCUT2D eigenvalue weighted by atomic mass is 10.0. The molecule has 0 radical (unpaired) electrons. The van der Waals surface area contributed by atoms with Gasteiger partial charge in [0.2, 0.25) is 0 Å². The summed E-state index contributed by atoms with van der Waals surface area (Å²) in [5.74, 6) is 0. The third-order valence-corrected chi connectivity index (χ3v) is 4.12. The van der Waals surface area contributed by atoms with Crippen LogP contribution >= 0.6 is 11.6 Å². The second-order valence-corrected chi connectivity index (χ2v) is 5.68. The number of rotatable bonds is 2. The molecule has 1 N–H and O–H groups in total. The summed E-state index contributed by atoms with van der Waals surface area (Å²) in [7, 11) is 2.17. The number of halogens is 1. The van der Waals surface area contributed by atoms with Crippen LogP contribution in [0.4, 0.5) is 5.69 Å². The first-order valence-corrected chi connectivity index (χ1v) is 7.08. The fraction of sp³-hybridized carbons (Fsp3) is 0.400. The van der Waals surface area contributed by atoms with Gasteiger partial charge in [-0.15, -0.1) is 0 Å². The summed E-state index contributed by atoms with van der Waals surface area (Å²) in [6.45, 7) is 2.29. The van der Waals surface area contributed by atoms with E-state index in [0.717, 1.165) is 29.2 Å². The molecule has 0 unspecified atom stereocenters. The molecule has 1 fully saturated rings. The molecular formula is C15H18ClN3. The van der Waals surface area contributed by atoms with Crippen LogP contribution in [0, 0.1) is 0 Å². The van der Waals surface area contributed by atoms with Crippen molar-refractivity contribution in [3.8, 4) is 0 Å². The summed E-state index contributed by atoms with van der Waals surface area (Å²) in [4.78, 5) is 6.49. The minimum atomic E-state index is 0.521. The number of nitrogens with one attached hydrogen (secondary N) is 1. The van der Waals surface area contributed by atoms with Crippen molar-refractivity contribution in [1.29, 1.82) is 0 Å². The quantitative estimate of drug-likeness (QED) is 0.911. The predicted octanol–water partition coefficient (Wildman–Crippen LogP) is 3.39. The largest absolute Gasteiger partial charge is 0.381 e. The van der Waals surface area contributed by atoms with E-state index >= 15 is 0 Å². The van der Waals surface area contributed by atoms with Crippen LogP contribution in [0.3, 0.4) is 0 Å². The summed E-state index contributed by atoms with van der Waals surface area (Å²) in [6.07, 6.45) is 6.00. The van der Waals surface area contributed by atoms with Crippen molar-refractivity contribution < 1.29 is 0 Å². The normalized spacial score (nSPS) is 17.8. The number of hydrogen-bond acceptors (Lipinski definition) is 3. The third-order valence-electron chi connectivity index (χ3n) is 3.80. The van der Waals surface area contributed by atoms with Crippen molar-refractivity contribution in [2.75, 3.05) is 25.5 Å². The Kier molecular flexibility index (Phi) is 3.58. The van der Waals surface area contributed by atoms with Crippen molar-refractivity contribution in [2.45, 2.75) is 18.9 Å². The van der Waals surface area contributed by atoms with Crippen molar-refractivity contribution in [1.82, 2.24) is 9.88 Å². The molecule has 2 aromatic rings. The zero-order valence-electron chi connectivity index (χ0n) is 11.1.